The first-order chi connectivity index (χ1) is 7.17. The molecule has 0 saturated heterocycles. The molecule has 0 fully saturated rings. The summed E-state index contributed by atoms with van der Waals surface area (Å²) in [6, 6.07) is 5.16. The number of aliphatic hydroxyl groups excluding tert-OH is 1. The lowest BCUT2D eigenvalue weighted by atomic mass is 10.2. The van der Waals surface area contributed by atoms with Crippen molar-refractivity contribution in [1.29, 1.82) is 0 Å². The second-order valence-corrected chi connectivity index (χ2v) is 4.23. The fraction of sp³-hybridized carbons (Fsp3) is 0.300. The molecule has 0 spiro atoms. The second kappa shape index (κ2) is 6.00. The smallest absolute Gasteiger partial charge is 0.315 e. The number of rotatable bonds is 4. The zero-order chi connectivity index (χ0) is 11.3. The van der Waals surface area contributed by atoms with Crippen LogP contribution in [0, 0.1) is 0 Å². The van der Waals surface area contributed by atoms with Gasteiger partial charge in [0.1, 0.15) is 0 Å². The van der Waals surface area contributed by atoms with Gasteiger partial charge in [0.05, 0.1) is 19.5 Å². The molecule has 0 heterocycles. The lowest BCUT2D eigenvalue weighted by Crippen LogP contribution is -2.03. The Morgan fingerprint density at radius 2 is 2.33 bits per heavy atom. The molecule has 0 aliphatic rings. The third kappa shape index (κ3) is 3.74. The number of benzene rings is 1. The summed E-state index contributed by atoms with van der Waals surface area (Å²) in [5, 5.41) is 9.64. The van der Waals surface area contributed by atoms with Gasteiger partial charge in [0.2, 0.25) is 0 Å². The highest BCUT2D eigenvalue weighted by Gasteiger charge is 2.06. The Morgan fingerprint density at radius 3 is 2.93 bits per heavy atom. The second-order valence-electron chi connectivity index (χ2n) is 2.77. The van der Waals surface area contributed by atoms with Crippen LogP contribution in [0.5, 0.6) is 0 Å². The third-order valence-corrected chi connectivity index (χ3v) is 3.08. The number of ether oxygens (including phenoxy) is 1. The Bertz CT molecular complexity index is 355. The maximum atomic E-state index is 10.9. The van der Waals surface area contributed by atoms with Crippen molar-refractivity contribution in [2.45, 2.75) is 11.5 Å². The normalized spacial score (nSPS) is 10.1. The van der Waals surface area contributed by atoms with E-state index in [1.54, 1.807) is 18.2 Å². The summed E-state index contributed by atoms with van der Waals surface area (Å²) in [6.07, 6.45) is 0. The Hall–Kier alpha value is -0.710. The molecule has 0 radical (unpaired) electrons. The largest absolute Gasteiger partial charge is 0.468 e. The average molecular weight is 247 g/mol. The number of halogens is 1. The monoisotopic (exact) mass is 246 g/mol. The van der Waals surface area contributed by atoms with E-state index in [1.165, 1.54) is 18.9 Å². The molecule has 1 N–H and O–H groups in total. The van der Waals surface area contributed by atoms with Crippen LogP contribution in [0.4, 0.5) is 0 Å². The van der Waals surface area contributed by atoms with E-state index < -0.39 is 0 Å². The molecule has 0 saturated carbocycles. The topological polar surface area (TPSA) is 46.5 Å². The van der Waals surface area contributed by atoms with E-state index in [0.717, 1.165) is 10.5 Å². The molecule has 0 aliphatic heterocycles. The molecule has 0 unspecified atom stereocenters. The van der Waals surface area contributed by atoms with E-state index in [2.05, 4.69) is 4.74 Å². The van der Waals surface area contributed by atoms with Gasteiger partial charge in [-0.05, 0) is 17.7 Å². The third-order valence-electron chi connectivity index (χ3n) is 1.77. The van der Waals surface area contributed by atoms with Crippen molar-refractivity contribution in [3.8, 4) is 0 Å². The maximum absolute atomic E-state index is 10.9. The number of thioether (sulfide) groups is 1. The summed E-state index contributed by atoms with van der Waals surface area (Å²) < 4.78 is 4.52. The van der Waals surface area contributed by atoms with Crippen molar-refractivity contribution in [1.82, 2.24) is 0 Å². The summed E-state index contributed by atoms with van der Waals surface area (Å²) in [4.78, 5) is 11.7. The number of hydrogen-bond acceptors (Lipinski definition) is 4. The first-order valence-corrected chi connectivity index (χ1v) is 5.62. The number of methoxy groups -OCH3 is 1. The number of carbonyl (C=O) groups excluding carboxylic acids is 1. The highest BCUT2D eigenvalue weighted by molar-refractivity contribution is 8.00. The fourth-order valence-corrected chi connectivity index (χ4v) is 2.15. The first-order valence-electron chi connectivity index (χ1n) is 4.26. The summed E-state index contributed by atoms with van der Waals surface area (Å²) in [7, 11) is 1.34. The van der Waals surface area contributed by atoms with E-state index in [1.807, 2.05) is 0 Å². The predicted molar refractivity (Wildman–Crippen MR) is 60.1 cm³/mol. The van der Waals surface area contributed by atoms with Gasteiger partial charge in [-0.15, -0.1) is 11.8 Å². The summed E-state index contributed by atoms with van der Waals surface area (Å²) >= 11 is 7.11. The molecule has 15 heavy (non-hydrogen) atoms. The highest BCUT2D eigenvalue weighted by atomic mass is 35.5. The van der Waals surface area contributed by atoms with Gasteiger partial charge in [-0.25, -0.2) is 0 Å². The minimum Gasteiger partial charge on any atom is -0.468 e. The molecule has 82 valence electrons. The lowest BCUT2D eigenvalue weighted by molar-refractivity contribution is -0.137. The number of esters is 1. The molecule has 1 aromatic carbocycles. The predicted octanol–water partition coefficient (Wildman–Crippen LogP) is 2.10. The van der Waals surface area contributed by atoms with Gasteiger partial charge < -0.3 is 9.84 Å². The summed E-state index contributed by atoms with van der Waals surface area (Å²) in [6.45, 7) is -0.0688. The van der Waals surface area contributed by atoms with Crippen LogP contribution in [0.15, 0.2) is 23.1 Å². The van der Waals surface area contributed by atoms with Crippen LogP contribution in [0.2, 0.25) is 5.02 Å². The Balaban J connectivity index is 2.74. The Labute approximate surface area is 97.4 Å². The molecule has 0 aromatic heterocycles. The van der Waals surface area contributed by atoms with E-state index in [0.29, 0.717) is 5.02 Å². The van der Waals surface area contributed by atoms with Crippen molar-refractivity contribution in [3.63, 3.8) is 0 Å². The molecule has 0 atom stereocenters. The van der Waals surface area contributed by atoms with Gasteiger partial charge >= 0.3 is 5.97 Å². The highest BCUT2D eigenvalue weighted by Crippen LogP contribution is 2.26. The van der Waals surface area contributed by atoms with Gasteiger partial charge in [0.25, 0.3) is 0 Å². The van der Waals surface area contributed by atoms with Crippen LogP contribution in [0.3, 0.4) is 0 Å². The molecule has 0 amide bonds. The van der Waals surface area contributed by atoms with Crippen molar-refractivity contribution in [2.75, 3.05) is 12.9 Å². The molecule has 1 aromatic rings. The van der Waals surface area contributed by atoms with E-state index in [9.17, 15) is 4.79 Å². The Kier molecular flexibility index (Phi) is 4.94. The van der Waals surface area contributed by atoms with E-state index in [-0.39, 0.29) is 18.3 Å². The minimum absolute atomic E-state index is 0.0688. The molecule has 0 bridgehead atoms. The van der Waals surface area contributed by atoms with Gasteiger partial charge in [0.15, 0.2) is 0 Å². The molecule has 5 heteroatoms. The van der Waals surface area contributed by atoms with Crippen LogP contribution in [-0.4, -0.2) is 23.9 Å². The van der Waals surface area contributed by atoms with Gasteiger partial charge in [-0.3, -0.25) is 4.79 Å². The Morgan fingerprint density at radius 1 is 1.60 bits per heavy atom. The van der Waals surface area contributed by atoms with E-state index in [4.69, 9.17) is 16.7 Å². The molecule has 0 aliphatic carbocycles. The van der Waals surface area contributed by atoms with Crippen LogP contribution < -0.4 is 0 Å². The average Bonchev–Trinajstić information content (AvgIpc) is 2.26. The summed E-state index contributed by atoms with van der Waals surface area (Å²) in [5.74, 6) is -0.0898. The quantitative estimate of drug-likeness (QED) is 0.653. The van der Waals surface area contributed by atoms with Gasteiger partial charge in [-0.1, -0.05) is 17.7 Å². The van der Waals surface area contributed by atoms with Gasteiger partial charge in [0, 0.05) is 9.92 Å². The summed E-state index contributed by atoms with van der Waals surface area (Å²) in [5.41, 5.74) is 0.758. The number of aliphatic hydroxyl groups is 1. The number of carbonyl (C=O) groups is 1. The van der Waals surface area contributed by atoms with Gasteiger partial charge in [-0.2, -0.15) is 0 Å². The maximum Gasteiger partial charge on any atom is 0.315 e. The van der Waals surface area contributed by atoms with Crippen LogP contribution in [-0.2, 0) is 16.1 Å². The fourth-order valence-electron chi connectivity index (χ4n) is 0.989. The zero-order valence-corrected chi connectivity index (χ0v) is 9.77. The van der Waals surface area contributed by atoms with Crippen molar-refractivity contribution in [2.24, 2.45) is 0 Å². The molecule has 3 nitrogen and oxygen atoms in total. The number of hydrogen-bond donors (Lipinski definition) is 1. The first kappa shape index (κ1) is 12.4. The van der Waals surface area contributed by atoms with Crippen LogP contribution >= 0.6 is 23.4 Å². The molecular formula is C10H11ClO3S. The van der Waals surface area contributed by atoms with Crippen molar-refractivity contribution in [3.05, 3.63) is 28.8 Å². The van der Waals surface area contributed by atoms with Crippen molar-refractivity contribution < 1.29 is 14.6 Å². The van der Waals surface area contributed by atoms with E-state index >= 15 is 0 Å². The van der Waals surface area contributed by atoms with Crippen LogP contribution in [0.1, 0.15) is 5.56 Å². The zero-order valence-electron chi connectivity index (χ0n) is 8.20. The van der Waals surface area contributed by atoms with Crippen LogP contribution in [0.25, 0.3) is 0 Å². The standard InChI is InChI=1S/C10H11ClO3S/c1-14-10(13)6-15-9-4-8(11)3-2-7(9)5-12/h2-4,12H,5-6H2,1H3. The molecular weight excluding hydrogens is 236 g/mol. The van der Waals surface area contributed by atoms with Crippen molar-refractivity contribution >= 4 is 29.3 Å². The molecule has 1 rings (SSSR count). The minimum atomic E-state index is -0.302. The SMILES string of the molecule is COC(=O)CSc1cc(Cl)ccc1CO. The lowest BCUT2D eigenvalue weighted by Gasteiger charge is -2.06.